The highest BCUT2D eigenvalue weighted by Gasteiger charge is 2.11. The van der Waals surface area contributed by atoms with Crippen molar-refractivity contribution in [3.63, 3.8) is 0 Å². The van der Waals surface area contributed by atoms with Gasteiger partial charge in [0.2, 0.25) is 0 Å². The molecule has 0 aliphatic rings. The van der Waals surface area contributed by atoms with E-state index in [2.05, 4.69) is 5.16 Å². The normalized spacial score (nSPS) is 10.5. The third-order valence-electron chi connectivity index (χ3n) is 2.62. The van der Waals surface area contributed by atoms with Gasteiger partial charge in [-0.2, -0.15) is 0 Å². The lowest BCUT2D eigenvalue weighted by molar-refractivity contribution is 0.337. The van der Waals surface area contributed by atoms with Crippen LogP contribution in [0.4, 0.5) is 5.82 Å². The van der Waals surface area contributed by atoms with Gasteiger partial charge in [0.1, 0.15) is 5.75 Å². The van der Waals surface area contributed by atoms with Gasteiger partial charge in [0.15, 0.2) is 11.6 Å². The van der Waals surface area contributed by atoms with Crippen LogP contribution in [0.25, 0.3) is 11.3 Å². The number of aryl methyl sites for hydroxylation is 2. The zero-order valence-electron chi connectivity index (χ0n) is 10.3. The molecule has 1 aromatic carbocycles. The first-order chi connectivity index (χ1) is 8.11. The fourth-order valence-corrected chi connectivity index (χ4v) is 1.78. The van der Waals surface area contributed by atoms with Crippen molar-refractivity contribution in [3.05, 3.63) is 29.3 Å². The maximum absolute atomic E-state index is 5.55. The summed E-state index contributed by atoms with van der Waals surface area (Å²) in [5.41, 5.74) is 8.70. The second-order valence-electron chi connectivity index (χ2n) is 3.98. The Bertz CT molecular complexity index is 532. The molecule has 0 saturated heterocycles. The molecule has 90 valence electrons. The maximum atomic E-state index is 5.55. The summed E-state index contributed by atoms with van der Waals surface area (Å²) in [7, 11) is 0. The lowest BCUT2D eigenvalue weighted by Gasteiger charge is -2.10. The van der Waals surface area contributed by atoms with Crippen LogP contribution >= 0.6 is 0 Å². The summed E-state index contributed by atoms with van der Waals surface area (Å²) in [6, 6.07) is 5.76. The molecule has 4 nitrogen and oxygen atoms in total. The van der Waals surface area contributed by atoms with E-state index >= 15 is 0 Å². The Hall–Kier alpha value is -1.97. The smallest absolute Gasteiger partial charge is 0.169 e. The third-order valence-corrected chi connectivity index (χ3v) is 2.62. The van der Waals surface area contributed by atoms with Crippen LogP contribution in [0.1, 0.15) is 18.1 Å². The first kappa shape index (κ1) is 11.5. The minimum atomic E-state index is 0.394. The summed E-state index contributed by atoms with van der Waals surface area (Å²) in [6.45, 7) is 6.65. The number of benzene rings is 1. The van der Waals surface area contributed by atoms with Crippen molar-refractivity contribution in [2.24, 2.45) is 0 Å². The standard InChI is InChI=1S/C13H16N2O2/c1-4-16-11-6-8(2)10(5-9(11)3)12-7-13(14)15-17-12/h5-7H,4H2,1-3H3,(H2,14,15). The van der Waals surface area contributed by atoms with E-state index < -0.39 is 0 Å². The van der Waals surface area contributed by atoms with Crippen LogP contribution in [0.15, 0.2) is 22.7 Å². The van der Waals surface area contributed by atoms with Gasteiger partial charge in [-0.1, -0.05) is 5.16 Å². The van der Waals surface area contributed by atoms with Crippen molar-refractivity contribution in [1.82, 2.24) is 5.16 Å². The topological polar surface area (TPSA) is 61.3 Å². The summed E-state index contributed by atoms with van der Waals surface area (Å²) in [4.78, 5) is 0. The maximum Gasteiger partial charge on any atom is 0.169 e. The molecule has 2 N–H and O–H groups in total. The summed E-state index contributed by atoms with van der Waals surface area (Å²) in [6.07, 6.45) is 0. The molecule has 0 fully saturated rings. The van der Waals surface area contributed by atoms with Gasteiger partial charge in [-0.25, -0.2) is 0 Å². The minimum Gasteiger partial charge on any atom is -0.494 e. The number of nitrogen functional groups attached to an aromatic ring is 1. The second-order valence-corrected chi connectivity index (χ2v) is 3.98. The molecule has 2 aromatic rings. The molecule has 0 aliphatic heterocycles. The van der Waals surface area contributed by atoms with Crippen LogP contribution in [0, 0.1) is 13.8 Å². The van der Waals surface area contributed by atoms with Crippen LogP contribution in [0.5, 0.6) is 5.75 Å². The van der Waals surface area contributed by atoms with Crippen LogP contribution in [0.2, 0.25) is 0 Å². The predicted molar refractivity (Wildman–Crippen MR) is 67.0 cm³/mol. The van der Waals surface area contributed by atoms with Gasteiger partial charge < -0.3 is 15.0 Å². The van der Waals surface area contributed by atoms with Gasteiger partial charge in [-0.05, 0) is 44.0 Å². The number of rotatable bonds is 3. The third kappa shape index (κ3) is 2.25. The van der Waals surface area contributed by atoms with E-state index in [0.717, 1.165) is 22.4 Å². The average molecular weight is 232 g/mol. The Labute approximate surface area is 100 Å². The summed E-state index contributed by atoms with van der Waals surface area (Å²) in [5, 5.41) is 3.69. The van der Waals surface area contributed by atoms with Crippen molar-refractivity contribution in [1.29, 1.82) is 0 Å². The number of hydrogen-bond donors (Lipinski definition) is 1. The van der Waals surface area contributed by atoms with Crippen molar-refractivity contribution >= 4 is 5.82 Å². The number of nitrogens with zero attached hydrogens (tertiary/aromatic N) is 1. The van der Waals surface area contributed by atoms with Gasteiger partial charge in [-0.3, -0.25) is 0 Å². The highest BCUT2D eigenvalue weighted by molar-refractivity contribution is 5.66. The zero-order valence-corrected chi connectivity index (χ0v) is 10.3. The van der Waals surface area contributed by atoms with E-state index in [0.29, 0.717) is 18.2 Å². The molecule has 17 heavy (non-hydrogen) atoms. The Balaban J connectivity index is 2.46. The van der Waals surface area contributed by atoms with Gasteiger partial charge in [0.05, 0.1) is 6.61 Å². The van der Waals surface area contributed by atoms with Crippen LogP contribution in [-0.2, 0) is 0 Å². The first-order valence-corrected chi connectivity index (χ1v) is 5.58. The lowest BCUT2D eigenvalue weighted by atomic mass is 10.0. The molecule has 0 aliphatic carbocycles. The number of nitrogens with two attached hydrogens (primary N) is 1. The van der Waals surface area contributed by atoms with E-state index in [1.54, 1.807) is 6.07 Å². The van der Waals surface area contributed by atoms with E-state index in [4.69, 9.17) is 15.0 Å². The van der Waals surface area contributed by atoms with Crippen molar-refractivity contribution in [2.75, 3.05) is 12.3 Å². The molecule has 0 bridgehead atoms. The highest BCUT2D eigenvalue weighted by Crippen LogP contribution is 2.30. The number of hydrogen-bond acceptors (Lipinski definition) is 4. The molecule has 4 heteroatoms. The summed E-state index contributed by atoms with van der Waals surface area (Å²) < 4.78 is 10.7. The Morgan fingerprint density at radius 3 is 2.59 bits per heavy atom. The highest BCUT2D eigenvalue weighted by atomic mass is 16.5. The van der Waals surface area contributed by atoms with Crippen LogP contribution < -0.4 is 10.5 Å². The van der Waals surface area contributed by atoms with E-state index in [9.17, 15) is 0 Å². The van der Waals surface area contributed by atoms with E-state index in [-0.39, 0.29) is 0 Å². The molecule has 0 unspecified atom stereocenters. The summed E-state index contributed by atoms with van der Waals surface area (Å²) in [5.74, 6) is 1.98. The Morgan fingerprint density at radius 2 is 2.00 bits per heavy atom. The molecule has 0 spiro atoms. The first-order valence-electron chi connectivity index (χ1n) is 5.58. The molecule has 0 atom stereocenters. The second kappa shape index (κ2) is 4.49. The van der Waals surface area contributed by atoms with E-state index in [1.165, 1.54) is 0 Å². The number of anilines is 1. The molecule has 0 saturated carbocycles. The quantitative estimate of drug-likeness (QED) is 0.883. The fraction of sp³-hybridized carbons (Fsp3) is 0.308. The van der Waals surface area contributed by atoms with Crippen LogP contribution in [-0.4, -0.2) is 11.8 Å². The van der Waals surface area contributed by atoms with E-state index in [1.807, 2.05) is 32.9 Å². The largest absolute Gasteiger partial charge is 0.494 e. The monoisotopic (exact) mass is 232 g/mol. The minimum absolute atomic E-state index is 0.394. The van der Waals surface area contributed by atoms with Crippen LogP contribution in [0.3, 0.4) is 0 Å². The summed E-state index contributed by atoms with van der Waals surface area (Å²) >= 11 is 0. The Morgan fingerprint density at radius 1 is 1.24 bits per heavy atom. The molecular weight excluding hydrogens is 216 g/mol. The number of ether oxygens (including phenoxy) is 1. The molecule has 0 radical (unpaired) electrons. The Kier molecular flexibility index (Phi) is 3.04. The predicted octanol–water partition coefficient (Wildman–Crippen LogP) is 2.94. The van der Waals surface area contributed by atoms with Crippen molar-refractivity contribution < 1.29 is 9.26 Å². The molecule has 2 rings (SSSR count). The number of aromatic nitrogens is 1. The van der Waals surface area contributed by atoms with Gasteiger partial charge in [0.25, 0.3) is 0 Å². The van der Waals surface area contributed by atoms with Gasteiger partial charge in [-0.15, -0.1) is 0 Å². The van der Waals surface area contributed by atoms with Gasteiger partial charge >= 0.3 is 0 Å². The SMILES string of the molecule is CCOc1cc(C)c(-c2cc(N)no2)cc1C. The molecule has 0 amide bonds. The average Bonchev–Trinajstić information content (AvgIpc) is 2.70. The van der Waals surface area contributed by atoms with Crippen molar-refractivity contribution in [2.45, 2.75) is 20.8 Å². The van der Waals surface area contributed by atoms with Gasteiger partial charge in [0, 0.05) is 11.6 Å². The van der Waals surface area contributed by atoms with Crippen molar-refractivity contribution in [3.8, 4) is 17.1 Å². The molecular formula is C13H16N2O2. The zero-order chi connectivity index (χ0) is 12.4. The lowest BCUT2D eigenvalue weighted by Crippen LogP contribution is -1.95. The fourth-order valence-electron chi connectivity index (χ4n) is 1.78. The molecule has 1 aromatic heterocycles. The molecule has 1 heterocycles.